The molecule has 0 radical (unpaired) electrons. The highest BCUT2D eigenvalue weighted by molar-refractivity contribution is 9.10. The van der Waals surface area contributed by atoms with Gasteiger partial charge in [0, 0.05) is 21.4 Å². The van der Waals surface area contributed by atoms with Gasteiger partial charge < -0.3 is 10.8 Å². The summed E-state index contributed by atoms with van der Waals surface area (Å²) in [5.74, 6) is -0.119. The van der Waals surface area contributed by atoms with E-state index in [1.807, 2.05) is 48.5 Å². The summed E-state index contributed by atoms with van der Waals surface area (Å²) in [4.78, 5) is 0. The summed E-state index contributed by atoms with van der Waals surface area (Å²) in [5, 5.41) is 10.5. The Hall–Kier alpha value is -0.680. The van der Waals surface area contributed by atoms with Crippen molar-refractivity contribution in [1.29, 1.82) is 0 Å². The minimum Gasteiger partial charge on any atom is -0.388 e. The molecule has 0 heterocycles. The van der Waals surface area contributed by atoms with Gasteiger partial charge in [-0.15, -0.1) is 0 Å². The van der Waals surface area contributed by atoms with Gasteiger partial charge in [-0.2, -0.15) is 0 Å². The van der Waals surface area contributed by atoms with Crippen molar-refractivity contribution in [2.24, 2.45) is 5.73 Å². The molecule has 4 heteroatoms. The quantitative estimate of drug-likeness (QED) is 0.837. The number of benzene rings is 2. The Labute approximate surface area is 129 Å². The Kier molecular flexibility index (Phi) is 5.16. The maximum atomic E-state index is 10.5. The van der Waals surface area contributed by atoms with Crippen molar-refractivity contribution in [3.05, 3.63) is 68.6 Å². The summed E-state index contributed by atoms with van der Waals surface area (Å²) >= 11 is 6.87. The summed E-state index contributed by atoms with van der Waals surface area (Å²) in [6.07, 6.45) is -0.614. The van der Waals surface area contributed by atoms with E-state index in [4.69, 9.17) is 5.73 Å². The zero-order valence-electron chi connectivity index (χ0n) is 10.3. The highest BCUT2D eigenvalue weighted by atomic mass is 79.9. The maximum Gasteiger partial charge on any atom is 0.0871 e. The van der Waals surface area contributed by atoms with E-state index in [-0.39, 0.29) is 5.92 Å². The topological polar surface area (TPSA) is 46.2 Å². The van der Waals surface area contributed by atoms with Crippen LogP contribution in [0.25, 0.3) is 0 Å². The summed E-state index contributed by atoms with van der Waals surface area (Å²) in [6.45, 7) is 0.393. The van der Waals surface area contributed by atoms with Gasteiger partial charge in [0.25, 0.3) is 0 Å². The Morgan fingerprint density at radius 3 is 2.00 bits per heavy atom. The minimum atomic E-state index is -0.614. The molecule has 2 unspecified atom stereocenters. The minimum absolute atomic E-state index is 0.119. The third-order valence-corrected chi connectivity index (χ3v) is 4.09. The summed E-state index contributed by atoms with van der Waals surface area (Å²) in [6, 6.07) is 15.6. The zero-order chi connectivity index (χ0) is 13.8. The van der Waals surface area contributed by atoms with Crippen molar-refractivity contribution in [3.63, 3.8) is 0 Å². The molecule has 0 saturated heterocycles. The molecule has 2 rings (SSSR count). The molecular weight excluding hydrogens is 370 g/mol. The molecule has 0 saturated carbocycles. The Balaban J connectivity index is 2.31. The SMILES string of the molecule is NCC(c1cccc(Br)c1)C(O)c1cccc(Br)c1. The van der Waals surface area contributed by atoms with Crippen molar-refractivity contribution in [2.45, 2.75) is 12.0 Å². The van der Waals surface area contributed by atoms with Crippen molar-refractivity contribution >= 4 is 31.9 Å². The number of halogens is 2. The van der Waals surface area contributed by atoms with Crippen LogP contribution in [-0.2, 0) is 0 Å². The van der Waals surface area contributed by atoms with Crippen LogP contribution in [0.15, 0.2) is 57.5 Å². The van der Waals surface area contributed by atoms with Gasteiger partial charge in [0.05, 0.1) is 6.10 Å². The van der Waals surface area contributed by atoms with Crippen LogP contribution < -0.4 is 5.73 Å². The lowest BCUT2D eigenvalue weighted by Crippen LogP contribution is -2.20. The number of hydrogen-bond donors (Lipinski definition) is 2. The maximum absolute atomic E-state index is 10.5. The predicted octanol–water partition coefficient (Wildman–Crippen LogP) is 3.99. The van der Waals surface area contributed by atoms with Crippen LogP contribution in [0.1, 0.15) is 23.1 Å². The lowest BCUT2D eigenvalue weighted by molar-refractivity contribution is 0.147. The zero-order valence-corrected chi connectivity index (χ0v) is 13.4. The lowest BCUT2D eigenvalue weighted by Gasteiger charge is -2.22. The van der Waals surface area contributed by atoms with E-state index >= 15 is 0 Å². The number of aliphatic hydroxyl groups is 1. The van der Waals surface area contributed by atoms with Crippen molar-refractivity contribution < 1.29 is 5.11 Å². The normalized spacial score (nSPS) is 14.1. The molecule has 0 fully saturated rings. The van der Waals surface area contributed by atoms with Crippen LogP contribution in [-0.4, -0.2) is 11.7 Å². The highest BCUT2D eigenvalue weighted by Gasteiger charge is 2.21. The summed E-state index contributed by atoms with van der Waals surface area (Å²) in [7, 11) is 0. The fourth-order valence-electron chi connectivity index (χ4n) is 2.11. The van der Waals surface area contributed by atoms with E-state index in [1.165, 1.54) is 0 Å². The molecule has 0 aliphatic rings. The Morgan fingerprint density at radius 2 is 1.47 bits per heavy atom. The van der Waals surface area contributed by atoms with Crippen LogP contribution >= 0.6 is 31.9 Å². The number of nitrogens with two attached hydrogens (primary N) is 1. The smallest absolute Gasteiger partial charge is 0.0871 e. The number of hydrogen-bond acceptors (Lipinski definition) is 2. The van der Waals surface area contributed by atoms with Crippen molar-refractivity contribution in [2.75, 3.05) is 6.54 Å². The Bertz CT molecular complexity index is 559. The summed E-state index contributed by atoms with van der Waals surface area (Å²) in [5.41, 5.74) is 7.74. The van der Waals surface area contributed by atoms with Gasteiger partial charge in [0.2, 0.25) is 0 Å². The summed E-state index contributed by atoms with van der Waals surface area (Å²) < 4.78 is 1.94. The molecule has 2 aromatic carbocycles. The van der Waals surface area contributed by atoms with Crippen molar-refractivity contribution in [1.82, 2.24) is 0 Å². The van der Waals surface area contributed by atoms with Gasteiger partial charge in [-0.25, -0.2) is 0 Å². The predicted molar refractivity (Wildman–Crippen MR) is 85.0 cm³/mol. The van der Waals surface area contributed by atoms with Gasteiger partial charge in [-0.1, -0.05) is 56.1 Å². The van der Waals surface area contributed by atoms with Crippen LogP contribution in [0, 0.1) is 0 Å². The molecule has 0 aliphatic heterocycles. The van der Waals surface area contributed by atoms with Gasteiger partial charge in [-0.3, -0.25) is 0 Å². The molecule has 0 aromatic heterocycles. The monoisotopic (exact) mass is 383 g/mol. The first kappa shape index (κ1) is 14.7. The van der Waals surface area contributed by atoms with E-state index in [0.29, 0.717) is 6.54 Å². The van der Waals surface area contributed by atoms with Gasteiger partial charge in [0.1, 0.15) is 0 Å². The van der Waals surface area contributed by atoms with E-state index in [1.54, 1.807) is 0 Å². The molecule has 0 aliphatic carbocycles. The van der Waals surface area contributed by atoms with Crippen LogP contribution in [0.3, 0.4) is 0 Å². The van der Waals surface area contributed by atoms with Gasteiger partial charge in [-0.05, 0) is 35.4 Å². The second-order valence-electron chi connectivity index (χ2n) is 4.40. The average Bonchev–Trinajstić information content (AvgIpc) is 2.39. The van der Waals surface area contributed by atoms with Gasteiger partial charge >= 0.3 is 0 Å². The lowest BCUT2D eigenvalue weighted by atomic mass is 9.89. The molecule has 3 N–H and O–H groups in total. The molecule has 0 spiro atoms. The van der Waals surface area contributed by atoms with Crippen molar-refractivity contribution in [3.8, 4) is 0 Å². The van der Waals surface area contributed by atoms with E-state index < -0.39 is 6.10 Å². The fraction of sp³-hybridized carbons (Fsp3) is 0.200. The Morgan fingerprint density at radius 1 is 0.947 bits per heavy atom. The third-order valence-electron chi connectivity index (χ3n) is 3.10. The molecule has 2 aromatic rings. The molecule has 2 nitrogen and oxygen atoms in total. The molecule has 19 heavy (non-hydrogen) atoms. The molecule has 100 valence electrons. The first-order valence-corrected chi connectivity index (χ1v) is 7.59. The number of rotatable bonds is 4. The highest BCUT2D eigenvalue weighted by Crippen LogP contribution is 2.32. The van der Waals surface area contributed by atoms with Crippen LogP contribution in [0.4, 0.5) is 0 Å². The molecule has 2 atom stereocenters. The van der Waals surface area contributed by atoms with Gasteiger partial charge in [0.15, 0.2) is 0 Å². The van der Waals surface area contributed by atoms with Crippen LogP contribution in [0.5, 0.6) is 0 Å². The standard InChI is InChI=1S/C15H15Br2NO/c16-12-5-1-3-10(7-12)14(9-18)15(19)11-4-2-6-13(17)8-11/h1-8,14-15,19H,9,18H2. The molecule has 0 amide bonds. The number of aliphatic hydroxyl groups excluding tert-OH is 1. The van der Waals surface area contributed by atoms with E-state index in [0.717, 1.165) is 20.1 Å². The second kappa shape index (κ2) is 6.66. The average molecular weight is 385 g/mol. The fourth-order valence-corrected chi connectivity index (χ4v) is 2.94. The van der Waals surface area contributed by atoms with E-state index in [9.17, 15) is 5.11 Å². The molecule has 0 bridgehead atoms. The first-order chi connectivity index (χ1) is 9.11. The largest absolute Gasteiger partial charge is 0.388 e. The third kappa shape index (κ3) is 3.66. The molecular formula is C15H15Br2NO. The first-order valence-electron chi connectivity index (χ1n) is 6.01. The van der Waals surface area contributed by atoms with Crippen LogP contribution in [0.2, 0.25) is 0 Å². The second-order valence-corrected chi connectivity index (χ2v) is 6.23. The van der Waals surface area contributed by atoms with E-state index in [2.05, 4.69) is 31.9 Å².